The first-order valence-corrected chi connectivity index (χ1v) is 5.83. The van der Waals surface area contributed by atoms with E-state index in [9.17, 15) is 14.7 Å². The van der Waals surface area contributed by atoms with Gasteiger partial charge in [0.05, 0.1) is 0 Å². The SMILES string of the molecule is O=C([O-])[C@H]1CCN(C(=O)OCc2ccccc2)C1. The molecule has 1 aliphatic rings. The highest BCUT2D eigenvalue weighted by molar-refractivity contribution is 5.72. The fraction of sp³-hybridized carbons (Fsp3) is 0.385. The fourth-order valence-electron chi connectivity index (χ4n) is 1.93. The lowest BCUT2D eigenvalue weighted by atomic mass is 10.1. The number of likely N-dealkylation sites (tertiary alicyclic amines) is 1. The van der Waals surface area contributed by atoms with Crippen LogP contribution in [0.3, 0.4) is 0 Å². The van der Waals surface area contributed by atoms with E-state index in [2.05, 4.69) is 0 Å². The highest BCUT2D eigenvalue weighted by Gasteiger charge is 2.27. The molecule has 5 nitrogen and oxygen atoms in total. The van der Waals surface area contributed by atoms with Crippen LogP contribution in [0.5, 0.6) is 0 Å². The monoisotopic (exact) mass is 248 g/mol. The molecule has 1 fully saturated rings. The standard InChI is InChI=1S/C13H15NO4/c15-12(16)11-6-7-14(8-11)13(17)18-9-10-4-2-1-3-5-10/h1-5,11H,6-9H2,(H,15,16)/p-1/t11-/m0/s1. The molecule has 0 bridgehead atoms. The Balaban J connectivity index is 1.81. The molecule has 0 radical (unpaired) electrons. The van der Waals surface area contributed by atoms with Crippen LogP contribution in [0.15, 0.2) is 30.3 Å². The molecule has 0 unspecified atom stereocenters. The normalized spacial score (nSPS) is 18.7. The van der Waals surface area contributed by atoms with Crippen molar-refractivity contribution in [2.45, 2.75) is 13.0 Å². The molecule has 0 aliphatic carbocycles. The predicted octanol–water partition coefficient (Wildman–Crippen LogP) is 0.395. The van der Waals surface area contributed by atoms with Gasteiger partial charge in [-0.3, -0.25) is 0 Å². The second kappa shape index (κ2) is 5.53. The van der Waals surface area contributed by atoms with Gasteiger partial charge in [0, 0.05) is 25.0 Å². The average molecular weight is 248 g/mol. The Morgan fingerprint density at radius 2 is 2.06 bits per heavy atom. The molecule has 2 rings (SSSR count). The maximum absolute atomic E-state index is 11.7. The van der Waals surface area contributed by atoms with E-state index in [1.54, 1.807) is 0 Å². The predicted molar refractivity (Wildman–Crippen MR) is 61.3 cm³/mol. The Morgan fingerprint density at radius 1 is 1.33 bits per heavy atom. The van der Waals surface area contributed by atoms with Crippen molar-refractivity contribution in [2.75, 3.05) is 13.1 Å². The third-order valence-electron chi connectivity index (χ3n) is 2.98. The third kappa shape index (κ3) is 3.00. The second-order valence-corrected chi connectivity index (χ2v) is 4.29. The molecular weight excluding hydrogens is 234 g/mol. The van der Waals surface area contributed by atoms with Crippen molar-refractivity contribution in [3.8, 4) is 0 Å². The molecule has 1 heterocycles. The van der Waals surface area contributed by atoms with Gasteiger partial charge < -0.3 is 19.5 Å². The number of hydrogen-bond donors (Lipinski definition) is 0. The second-order valence-electron chi connectivity index (χ2n) is 4.29. The van der Waals surface area contributed by atoms with Gasteiger partial charge in [0.15, 0.2) is 0 Å². The number of benzene rings is 1. The van der Waals surface area contributed by atoms with Crippen molar-refractivity contribution in [2.24, 2.45) is 5.92 Å². The van der Waals surface area contributed by atoms with E-state index in [0.717, 1.165) is 5.56 Å². The summed E-state index contributed by atoms with van der Waals surface area (Å²) >= 11 is 0. The van der Waals surface area contributed by atoms with Crippen LogP contribution in [0.2, 0.25) is 0 Å². The van der Waals surface area contributed by atoms with Gasteiger partial charge >= 0.3 is 6.09 Å². The van der Waals surface area contributed by atoms with Crippen LogP contribution in [0.1, 0.15) is 12.0 Å². The summed E-state index contributed by atoms with van der Waals surface area (Å²) in [5.74, 6) is -1.68. The lowest BCUT2D eigenvalue weighted by Gasteiger charge is -2.16. The molecule has 1 aliphatic heterocycles. The van der Waals surface area contributed by atoms with Gasteiger partial charge in [-0.15, -0.1) is 0 Å². The van der Waals surface area contributed by atoms with E-state index >= 15 is 0 Å². The molecule has 18 heavy (non-hydrogen) atoms. The number of aliphatic carboxylic acids is 1. The van der Waals surface area contributed by atoms with Gasteiger partial charge in [0.1, 0.15) is 6.61 Å². The minimum Gasteiger partial charge on any atom is -0.550 e. The van der Waals surface area contributed by atoms with Gasteiger partial charge in [-0.05, 0) is 12.0 Å². The van der Waals surface area contributed by atoms with Crippen LogP contribution in [0.4, 0.5) is 4.79 Å². The van der Waals surface area contributed by atoms with Crippen molar-refractivity contribution < 1.29 is 19.4 Å². The van der Waals surface area contributed by atoms with E-state index in [1.807, 2.05) is 30.3 Å². The molecule has 0 spiro atoms. The lowest BCUT2D eigenvalue weighted by Crippen LogP contribution is -2.35. The maximum Gasteiger partial charge on any atom is 0.410 e. The number of ether oxygens (including phenoxy) is 1. The molecule has 1 aromatic rings. The number of carboxylic acid groups (broad SMARTS) is 1. The first-order chi connectivity index (χ1) is 8.66. The van der Waals surface area contributed by atoms with Gasteiger partial charge in [-0.2, -0.15) is 0 Å². The summed E-state index contributed by atoms with van der Waals surface area (Å²) in [7, 11) is 0. The topological polar surface area (TPSA) is 69.7 Å². The third-order valence-corrected chi connectivity index (χ3v) is 2.98. The molecule has 0 N–H and O–H groups in total. The summed E-state index contributed by atoms with van der Waals surface area (Å²) in [6, 6.07) is 9.34. The zero-order valence-electron chi connectivity index (χ0n) is 9.87. The van der Waals surface area contributed by atoms with E-state index in [-0.39, 0.29) is 13.2 Å². The summed E-state index contributed by atoms with van der Waals surface area (Å²) in [4.78, 5) is 23.7. The molecule has 1 aromatic carbocycles. The van der Waals surface area contributed by atoms with Crippen LogP contribution in [0, 0.1) is 5.92 Å². The van der Waals surface area contributed by atoms with E-state index in [4.69, 9.17) is 4.74 Å². The summed E-state index contributed by atoms with van der Waals surface area (Å²) in [5, 5.41) is 10.7. The van der Waals surface area contributed by atoms with Gasteiger partial charge in [0.25, 0.3) is 0 Å². The molecule has 0 aromatic heterocycles. The quantitative estimate of drug-likeness (QED) is 0.776. The maximum atomic E-state index is 11.7. The highest BCUT2D eigenvalue weighted by atomic mass is 16.6. The van der Waals surface area contributed by atoms with Crippen molar-refractivity contribution >= 4 is 12.1 Å². The van der Waals surface area contributed by atoms with Gasteiger partial charge in [-0.25, -0.2) is 4.79 Å². The van der Waals surface area contributed by atoms with Crippen molar-refractivity contribution in [3.05, 3.63) is 35.9 Å². The number of nitrogens with zero attached hydrogens (tertiary/aromatic N) is 1. The summed E-state index contributed by atoms with van der Waals surface area (Å²) in [5.41, 5.74) is 0.904. The zero-order chi connectivity index (χ0) is 13.0. The molecule has 0 saturated carbocycles. The molecule has 1 saturated heterocycles. The molecule has 1 atom stereocenters. The Hall–Kier alpha value is -2.04. The molecule has 1 amide bonds. The van der Waals surface area contributed by atoms with Crippen LogP contribution in [-0.2, 0) is 16.1 Å². The van der Waals surface area contributed by atoms with E-state index in [0.29, 0.717) is 13.0 Å². The summed E-state index contributed by atoms with van der Waals surface area (Å²) in [6.45, 7) is 0.786. The van der Waals surface area contributed by atoms with Crippen molar-refractivity contribution in [1.82, 2.24) is 4.90 Å². The van der Waals surface area contributed by atoms with Gasteiger partial charge in [-0.1, -0.05) is 30.3 Å². The Labute approximate surface area is 105 Å². The molecule has 96 valence electrons. The smallest absolute Gasteiger partial charge is 0.410 e. The van der Waals surface area contributed by atoms with Crippen molar-refractivity contribution in [1.29, 1.82) is 0 Å². The van der Waals surface area contributed by atoms with Crippen LogP contribution >= 0.6 is 0 Å². The first kappa shape index (κ1) is 12.4. The van der Waals surface area contributed by atoms with Crippen LogP contribution in [-0.4, -0.2) is 30.1 Å². The Bertz CT molecular complexity index is 432. The van der Waals surface area contributed by atoms with E-state index < -0.39 is 18.0 Å². The average Bonchev–Trinajstić information content (AvgIpc) is 2.87. The van der Waals surface area contributed by atoms with Gasteiger partial charge in [0.2, 0.25) is 0 Å². The minimum absolute atomic E-state index is 0.177. The number of carbonyl (C=O) groups excluding carboxylic acids is 2. The van der Waals surface area contributed by atoms with Crippen LogP contribution in [0.25, 0.3) is 0 Å². The lowest BCUT2D eigenvalue weighted by molar-refractivity contribution is -0.310. The number of carboxylic acids is 1. The highest BCUT2D eigenvalue weighted by Crippen LogP contribution is 2.16. The minimum atomic E-state index is -1.10. The number of hydrogen-bond acceptors (Lipinski definition) is 4. The first-order valence-electron chi connectivity index (χ1n) is 5.83. The Kier molecular flexibility index (Phi) is 3.82. The number of carbonyl (C=O) groups is 2. The molecular formula is C13H14NO4-. The molecule has 5 heteroatoms. The largest absolute Gasteiger partial charge is 0.550 e. The fourth-order valence-corrected chi connectivity index (χ4v) is 1.93. The van der Waals surface area contributed by atoms with Crippen LogP contribution < -0.4 is 5.11 Å². The summed E-state index contributed by atoms with van der Waals surface area (Å²) < 4.78 is 5.11. The number of rotatable bonds is 3. The van der Waals surface area contributed by atoms with Crippen molar-refractivity contribution in [3.63, 3.8) is 0 Å². The Morgan fingerprint density at radius 3 is 2.67 bits per heavy atom. The summed E-state index contributed by atoms with van der Waals surface area (Å²) in [6.07, 6.45) is -0.0365. The van der Waals surface area contributed by atoms with E-state index in [1.165, 1.54) is 4.90 Å². The number of amides is 1. The zero-order valence-corrected chi connectivity index (χ0v) is 9.87.